The number of rotatable bonds is 1. The molecule has 0 fully saturated rings. The van der Waals surface area contributed by atoms with Crippen LogP contribution >= 0.6 is 11.6 Å². The Balaban J connectivity index is 2.35. The molecule has 3 heteroatoms. The molecule has 0 aliphatic rings. The van der Waals surface area contributed by atoms with Gasteiger partial charge in [0, 0.05) is 10.9 Å². The number of halogens is 1. The van der Waals surface area contributed by atoms with Crippen LogP contribution in [0.15, 0.2) is 54.7 Å². The lowest BCUT2D eigenvalue weighted by Gasteiger charge is -2.08. The summed E-state index contributed by atoms with van der Waals surface area (Å²) in [5.41, 5.74) is 9.35. The zero-order valence-corrected chi connectivity index (χ0v) is 10.4. The van der Waals surface area contributed by atoms with Gasteiger partial charge in [-0.2, -0.15) is 0 Å². The Labute approximate surface area is 110 Å². The standard InChI is InChI=1S/C15H11ClN2/c16-14-12-8-4-7-11(10-5-2-1-3-6-10)15(12)18-9-13(14)17/h1-9H,17H2. The van der Waals surface area contributed by atoms with E-state index in [1.165, 1.54) is 0 Å². The molecule has 18 heavy (non-hydrogen) atoms. The van der Waals surface area contributed by atoms with Crippen molar-refractivity contribution in [3.05, 3.63) is 59.8 Å². The smallest absolute Gasteiger partial charge is 0.0796 e. The molecule has 0 bridgehead atoms. The van der Waals surface area contributed by atoms with Gasteiger partial charge >= 0.3 is 0 Å². The largest absolute Gasteiger partial charge is 0.396 e. The first-order valence-corrected chi connectivity index (χ1v) is 6.03. The van der Waals surface area contributed by atoms with Crippen LogP contribution in [0.25, 0.3) is 22.0 Å². The van der Waals surface area contributed by atoms with Crippen LogP contribution in [-0.4, -0.2) is 4.98 Å². The Bertz CT molecular complexity index is 708. The van der Waals surface area contributed by atoms with Crippen molar-refractivity contribution in [2.24, 2.45) is 0 Å². The minimum Gasteiger partial charge on any atom is -0.396 e. The van der Waals surface area contributed by atoms with Crippen molar-refractivity contribution < 1.29 is 0 Å². The van der Waals surface area contributed by atoms with Gasteiger partial charge in [-0.05, 0) is 5.56 Å². The molecule has 0 atom stereocenters. The van der Waals surface area contributed by atoms with E-state index in [1.807, 2.05) is 36.4 Å². The molecule has 0 radical (unpaired) electrons. The summed E-state index contributed by atoms with van der Waals surface area (Å²) in [6.45, 7) is 0. The maximum atomic E-state index is 6.22. The quantitative estimate of drug-likeness (QED) is 0.709. The molecule has 2 nitrogen and oxygen atoms in total. The third kappa shape index (κ3) is 1.71. The summed E-state index contributed by atoms with van der Waals surface area (Å²) in [6.07, 6.45) is 1.61. The Kier molecular flexibility index (Phi) is 2.65. The number of pyridine rings is 1. The summed E-state index contributed by atoms with van der Waals surface area (Å²) in [5, 5.41) is 1.45. The second kappa shape index (κ2) is 4.31. The van der Waals surface area contributed by atoms with Crippen molar-refractivity contribution in [1.82, 2.24) is 4.98 Å². The van der Waals surface area contributed by atoms with E-state index in [0.29, 0.717) is 10.7 Å². The number of nitrogen functional groups attached to an aromatic ring is 1. The van der Waals surface area contributed by atoms with Crippen molar-refractivity contribution in [2.45, 2.75) is 0 Å². The zero-order valence-electron chi connectivity index (χ0n) is 9.60. The van der Waals surface area contributed by atoms with Crippen LogP contribution in [0.4, 0.5) is 5.69 Å². The molecule has 0 aliphatic carbocycles. The molecule has 3 rings (SSSR count). The van der Waals surface area contributed by atoms with E-state index in [-0.39, 0.29) is 0 Å². The minimum atomic E-state index is 0.509. The monoisotopic (exact) mass is 254 g/mol. The van der Waals surface area contributed by atoms with Crippen molar-refractivity contribution >= 4 is 28.2 Å². The fraction of sp³-hybridized carbons (Fsp3) is 0. The van der Waals surface area contributed by atoms with Crippen LogP contribution in [0.2, 0.25) is 5.02 Å². The van der Waals surface area contributed by atoms with Crippen LogP contribution < -0.4 is 5.73 Å². The number of benzene rings is 2. The minimum absolute atomic E-state index is 0.509. The molecule has 0 spiro atoms. The van der Waals surface area contributed by atoms with Crippen LogP contribution in [0.3, 0.4) is 0 Å². The summed E-state index contributed by atoms with van der Waals surface area (Å²) in [4.78, 5) is 4.41. The lowest BCUT2D eigenvalue weighted by atomic mass is 10.0. The van der Waals surface area contributed by atoms with E-state index in [0.717, 1.165) is 22.0 Å². The molecule has 88 valence electrons. The number of fused-ring (bicyclic) bond motifs is 1. The molecule has 1 aromatic heterocycles. The maximum absolute atomic E-state index is 6.22. The summed E-state index contributed by atoms with van der Waals surface area (Å²) >= 11 is 6.22. The molecule has 0 saturated heterocycles. The van der Waals surface area contributed by atoms with E-state index in [2.05, 4.69) is 17.1 Å². The number of nitrogens with two attached hydrogens (primary N) is 1. The van der Waals surface area contributed by atoms with E-state index in [9.17, 15) is 0 Å². The molecule has 3 aromatic rings. The zero-order chi connectivity index (χ0) is 12.5. The lowest BCUT2D eigenvalue weighted by Crippen LogP contribution is -1.91. The van der Waals surface area contributed by atoms with Gasteiger partial charge in [0.15, 0.2) is 0 Å². The molecule has 0 aliphatic heterocycles. The van der Waals surface area contributed by atoms with Crippen molar-refractivity contribution in [1.29, 1.82) is 0 Å². The molecule has 0 unspecified atom stereocenters. The number of nitrogens with zero attached hydrogens (tertiary/aromatic N) is 1. The van der Waals surface area contributed by atoms with Crippen LogP contribution in [0.1, 0.15) is 0 Å². The summed E-state index contributed by atoms with van der Waals surface area (Å²) in [6, 6.07) is 16.1. The average molecular weight is 255 g/mol. The van der Waals surface area contributed by atoms with Crippen LogP contribution in [-0.2, 0) is 0 Å². The first kappa shape index (κ1) is 11.1. The van der Waals surface area contributed by atoms with Gasteiger partial charge in [0.1, 0.15) is 0 Å². The van der Waals surface area contributed by atoms with E-state index < -0.39 is 0 Å². The van der Waals surface area contributed by atoms with Gasteiger partial charge in [0.25, 0.3) is 0 Å². The molecule has 2 aromatic carbocycles. The Morgan fingerprint density at radius 3 is 2.50 bits per heavy atom. The summed E-state index contributed by atoms with van der Waals surface area (Å²) < 4.78 is 0. The highest BCUT2D eigenvalue weighted by Crippen LogP contribution is 2.33. The fourth-order valence-corrected chi connectivity index (χ4v) is 2.26. The third-order valence-electron chi connectivity index (χ3n) is 2.94. The number of anilines is 1. The van der Waals surface area contributed by atoms with Gasteiger partial charge in [-0.1, -0.05) is 60.1 Å². The number of hydrogen-bond acceptors (Lipinski definition) is 2. The van der Waals surface area contributed by atoms with Gasteiger partial charge in [0.2, 0.25) is 0 Å². The molecule has 1 heterocycles. The predicted molar refractivity (Wildman–Crippen MR) is 76.6 cm³/mol. The summed E-state index contributed by atoms with van der Waals surface area (Å²) in [5.74, 6) is 0. The van der Waals surface area contributed by atoms with Gasteiger partial charge in [-0.15, -0.1) is 0 Å². The van der Waals surface area contributed by atoms with Crippen molar-refractivity contribution in [3.63, 3.8) is 0 Å². The first-order chi connectivity index (χ1) is 8.77. The van der Waals surface area contributed by atoms with Gasteiger partial charge in [-0.25, -0.2) is 0 Å². The average Bonchev–Trinajstić information content (AvgIpc) is 2.43. The van der Waals surface area contributed by atoms with E-state index >= 15 is 0 Å². The fourth-order valence-electron chi connectivity index (χ4n) is 2.06. The van der Waals surface area contributed by atoms with Gasteiger partial charge < -0.3 is 5.73 Å². The molecule has 2 N–H and O–H groups in total. The van der Waals surface area contributed by atoms with E-state index in [4.69, 9.17) is 17.3 Å². The second-order valence-electron chi connectivity index (χ2n) is 4.10. The molecule has 0 saturated carbocycles. The summed E-state index contributed by atoms with van der Waals surface area (Å²) in [7, 11) is 0. The number of hydrogen-bond donors (Lipinski definition) is 1. The molecular formula is C15H11ClN2. The highest BCUT2D eigenvalue weighted by atomic mass is 35.5. The predicted octanol–water partition coefficient (Wildman–Crippen LogP) is 4.14. The topological polar surface area (TPSA) is 38.9 Å². The second-order valence-corrected chi connectivity index (χ2v) is 4.47. The van der Waals surface area contributed by atoms with Crippen molar-refractivity contribution in [3.8, 4) is 11.1 Å². The highest BCUT2D eigenvalue weighted by molar-refractivity contribution is 6.38. The number of para-hydroxylation sites is 1. The van der Waals surface area contributed by atoms with Gasteiger partial charge in [0.05, 0.1) is 22.4 Å². The third-order valence-corrected chi connectivity index (χ3v) is 3.37. The lowest BCUT2D eigenvalue weighted by molar-refractivity contribution is 1.41. The Hall–Kier alpha value is -2.06. The van der Waals surface area contributed by atoms with Crippen LogP contribution in [0, 0.1) is 0 Å². The first-order valence-electron chi connectivity index (χ1n) is 5.65. The molecule has 0 amide bonds. The van der Waals surface area contributed by atoms with Gasteiger partial charge in [-0.3, -0.25) is 4.98 Å². The van der Waals surface area contributed by atoms with Crippen LogP contribution in [0.5, 0.6) is 0 Å². The van der Waals surface area contributed by atoms with Crippen molar-refractivity contribution in [2.75, 3.05) is 5.73 Å². The molecular weight excluding hydrogens is 244 g/mol. The SMILES string of the molecule is Nc1cnc2c(-c3ccccc3)cccc2c1Cl. The van der Waals surface area contributed by atoms with E-state index in [1.54, 1.807) is 6.20 Å². The Morgan fingerprint density at radius 2 is 1.72 bits per heavy atom. The maximum Gasteiger partial charge on any atom is 0.0796 e. The highest BCUT2D eigenvalue weighted by Gasteiger charge is 2.08. The Morgan fingerprint density at radius 1 is 0.944 bits per heavy atom. The number of aromatic nitrogens is 1. The normalized spacial score (nSPS) is 10.7.